The van der Waals surface area contributed by atoms with Gasteiger partial charge in [-0.1, -0.05) is 17.7 Å². The number of carboxylic acids is 1. The molecular weight excluding hydrogens is 292 g/mol. The molecule has 0 atom stereocenters. The third-order valence-corrected chi connectivity index (χ3v) is 4.59. The molecule has 1 fully saturated rings. The topological polar surface area (TPSA) is 69.6 Å². The first-order valence-electron chi connectivity index (χ1n) is 6.88. The summed E-state index contributed by atoms with van der Waals surface area (Å²) in [6, 6.07) is 5.13. The number of hydrogen-bond acceptors (Lipinski definition) is 2. The van der Waals surface area contributed by atoms with Crippen LogP contribution in [0.4, 0.5) is 10.5 Å². The van der Waals surface area contributed by atoms with E-state index < -0.39 is 11.4 Å². The third kappa shape index (κ3) is 3.29. The van der Waals surface area contributed by atoms with Crippen LogP contribution in [0.3, 0.4) is 0 Å². The molecule has 1 heterocycles. The van der Waals surface area contributed by atoms with E-state index in [2.05, 4.69) is 5.32 Å². The summed E-state index contributed by atoms with van der Waals surface area (Å²) < 4.78 is 0. The number of rotatable bonds is 2. The van der Waals surface area contributed by atoms with E-state index in [1.807, 2.05) is 6.92 Å². The first-order valence-corrected chi connectivity index (χ1v) is 7.26. The van der Waals surface area contributed by atoms with Crippen LogP contribution in [0.25, 0.3) is 0 Å². The SMILES string of the molecule is Cc1c(Cl)cccc1NC(=O)N1CCC(C)(C(=O)O)CC1. The van der Waals surface area contributed by atoms with E-state index in [9.17, 15) is 14.7 Å². The van der Waals surface area contributed by atoms with Crippen LogP contribution in [-0.4, -0.2) is 35.1 Å². The highest BCUT2D eigenvalue weighted by molar-refractivity contribution is 6.31. The molecule has 6 heteroatoms. The second-order valence-corrected chi connectivity index (χ2v) is 6.10. The molecule has 2 amide bonds. The molecule has 1 aliphatic rings. The minimum Gasteiger partial charge on any atom is -0.481 e. The van der Waals surface area contributed by atoms with Gasteiger partial charge in [0, 0.05) is 23.8 Å². The number of likely N-dealkylation sites (tertiary alicyclic amines) is 1. The predicted octanol–water partition coefficient (Wildman–Crippen LogP) is 3.37. The number of piperidine rings is 1. The fourth-order valence-electron chi connectivity index (χ4n) is 2.35. The van der Waals surface area contributed by atoms with Crippen molar-refractivity contribution in [3.05, 3.63) is 28.8 Å². The summed E-state index contributed by atoms with van der Waals surface area (Å²) in [6.07, 6.45) is 0.925. The minimum absolute atomic E-state index is 0.215. The van der Waals surface area contributed by atoms with E-state index in [1.165, 1.54) is 0 Å². The summed E-state index contributed by atoms with van der Waals surface area (Å²) in [4.78, 5) is 25.1. The zero-order chi connectivity index (χ0) is 15.6. The summed E-state index contributed by atoms with van der Waals surface area (Å²) in [7, 11) is 0. The number of carbonyl (C=O) groups excluding carboxylic acids is 1. The number of amides is 2. The largest absolute Gasteiger partial charge is 0.481 e. The summed E-state index contributed by atoms with van der Waals surface area (Å²) in [5, 5.41) is 12.6. The Kier molecular flexibility index (Phi) is 4.42. The lowest BCUT2D eigenvalue weighted by atomic mass is 9.80. The van der Waals surface area contributed by atoms with Gasteiger partial charge in [-0.25, -0.2) is 4.79 Å². The maximum atomic E-state index is 12.2. The molecule has 5 nitrogen and oxygen atoms in total. The molecule has 0 unspecified atom stereocenters. The van der Waals surface area contributed by atoms with Crippen molar-refractivity contribution >= 4 is 29.3 Å². The molecule has 0 saturated carbocycles. The predicted molar refractivity (Wildman–Crippen MR) is 81.8 cm³/mol. The molecule has 0 radical (unpaired) electrons. The lowest BCUT2D eigenvalue weighted by Crippen LogP contribution is -2.46. The van der Waals surface area contributed by atoms with E-state index in [0.717, 1.165) is 5.56 Å². The highest BCUT2D eigenvalue weighted by Crippen LogP contribution is 2.31. The maximum Gasteiger partial charge on any atom is 0.321 e. The van der Waals surface area contributed by atoms with Crippen molar-refractivity contribution in [3.8, 4) is 0 Å². The minimum atomic E-state index is -0.798. The number of halogens is 1. The van der Waals surface area contributed by atoms with Crippen molar-refractivity contribution < 1.29 is 14.7 Å². The highest BCUT2D eigenvalue weighted by atomic mass is 35.5. The van der Waals surface area contributed by atoms with Crippen LogP contribution in [0.1, 0.15) is 25.3 Å². The Bertz CT molecular complexity index is 566. The van der Waals surface area contributed by atoms with Gasteiger partial charge in [-0.05, 0) is 44.4 Å². The van der Waals surface area contributed by atoms with Gasteiger partial charge in [-0.2, -0.15) is 0 Å². The molecule has 0 bridgehead atoms. The molecule has 2 rings (SSSR count). The number of benzene rings is 1. The average Bonchev–Trinajstić information content (AvgIpc) is 2.44. The molecule has 0 aromatic heterocycles. The fourth-order valence-corrected chi connectivity index (χ4v) is 2.53. The number of anilines is 1. The summed E-state index contributed by atoms with van der Waals surface area (Å²) in [5.74, 6) is -0.798. The smallest absolute Gasteiger partial charge is 0.321 e. The lowest BCUT2D eigenvalue weighted by Gasteiger charge is -2.36. The molecule has 1 aromatic rings. The number of urea groups is 1. The van der Waals surface area contributed by atoms with Gasteiger partial charge in [-0.3, -0.25) is 4.79 Å². The van der Waals surface area contributed by atoms with Crippen molar-refractivity contribution in [1.29, 1.82) is 0 Å². The number of nitrogens with one attached hydrogen (secondary N) is 1. The Labute approximate surface area is 128 Å². The van der Waals surface area contributed by atoms with Crippen molar-refractivity contribution in [2.75, 3.05) is 18.4 Å². The molecular formula is C15H19ClN2O3. The van der Waals surface area contributed by atoms with Crippen LogP contribution in [0.5, 0.6) is 0 Å². The first kappa shape index (κ1) is 15.6. The Morgan fingerprint density at radius 2 is 1.95 bits per heavy atom. The normalized spacial score (nSPS) is 17.4. The zero-order valence-electron chi connectivity index (χ0n) is 12.1. The van der Waals surface area contributed by atoms with Crippen LogP contribution in [0.15, 0.2) is 18.2 Å². The summed E-state index contributed by atoms with van der Waals surface area (Å²) in [5.41, 5.74) is 0.766. The highest BCUT2D eigenvalue weighted by Gasteiger charge is 2.38. The van der Waals surface area contributed by atoms with Crippen molar-refractivity contribution in [1.82, 2.24) is 4.90 Å². The van der Waals surface area contributed by atoms with Crippen LogP contribution >= 0.6 is 11.6 Å². The summed E-state index contributed by atoms with van der Waals surface area (Å²) >= 11 is 6.03. The van der Waals surface area contributed by atoms with E-state index in [4.69, 9.17) is 11.6 Å². The molecule has 2 N–H and O–H groups in total. The van der Waals surface area contributed by atoms with E-state index in [-0.39, 0.29) is 6.03 Å². The van der Waals surface area contributed by atoms with Crippen molar-refractivity contribution in [2.45, 2.75) is 26.7 Å². The van der Waals surface area contributed by atoms with Crippen molar-refractivity contribution in [2.24, 2.45) is 5.41 Å². The Morgan fingerprint density at radius 3 is 2.52 bits per heavy atom. The van der Waals surface area contributed by atoms with E-state index in [0.29, 0.717) is 36.6 Å². The molecule has 1 aromatic carbocycles. The third-order valence-electron chi connectivity index (χ3n) is 4.18. The van der Waals surface area contributed by atoms with Gasteiger partial charge in [0.25, 0.3) is 0 Å². The molecule has 0 aliphatic carbocycles. The van der Waals surface area contributed by atoms with Gasteiger partial charge < -0.3 is 15.3 Å². The van der Waals surface area contributed by atoms with E-state index in [1.54, 1.807) is 30.0 Å². The van der Waals surface area contributed by atoms with Crippen LogP contribution < -0.4 is 5.32 Å². The van der Waals surface area contributed by atoms with Crippen molar-refractivity contribution in [3.63, 3.8) is 0 Å². The van der Waals surface area contributed by atoms with Gasteiger partial charge in [0.15, 0.2) is 0 Å². The Balaban J connectivity index is 2.00. The lowest BCUT2D eigenvalue weighted by molar-refractivity contribution is -0.150. The van der Waals surface area contributed by atoms with Crippen LogP contribution in [0.2, 0.25) is 5.02 Å². The van der Waals surface area contributed by atoms with Gasteiger partial charge in [0.05, 0.1) is 5.41 Å². The second kappa shape index (κ2) is 5.93. The molecule has 21 heavy (non-hydrogen) atoms. The Hall–Kier alpha value is -1.75. The van der Waals surface area contributed by atoms with Gasteiger partial charge in [-0.15, -0.1) is 0 Å². The van der Waals surface area contributed by atoms with Crippen LogP contribution in [-0.2, 0) is 4.79 Å². The molecule has 0 spiro atoms. The summed E-state index contributed by atoms with van der Waals surface area (Å²) in [6.45, 7) is 4.45. The number of carbonyl (C=O) groups is 2. The zero-order valence-corrected chi connectivity index (χ0v) is 12.9. The maximum absolute atomic E-state index is 12.2. The molecule has 114 valence electrons. The van der Waals surface area contributed by atoms with Crippen LogP contribution in [0, 0.1) is 12.3 Å². The molecule has 1 saturated heterocycles. The Morgan fingerprint density at radius 1 is 1.33 bits per heavy atom. The second-order valence-electron chi connectivity index (χ2n) is 5.70. The van der Waals surface area contributed by atoms with E-state index >= 15 is 0 Å². The number of carboxylic acid groups (broad SMARTS) is 1. The number of aliphatic carboxylic acids is 1. The van der Waals surface area contributed by atoms with Gasteiger partial charge in [0.1, 0.15) is 0 Å². The van der Waals surface area contributed by atoms with Gasteiger partial charge in [0.2, 0.25) is 0 Å². The number of hydrogen-bond donors (Lipinski definition) is 2. The quantitative estimate of drug-likeness (QED) is 0.880. The standard InChI is InChI=1S/C15H19ClN2O3/c1-10-11(16)4-3-5-12(10)17-14(21)18-8-6-15(2,7-9-18)13(19)20/h3-5H,6-9H2,1-2H3,(H,17,21)(H,19,20). The first-order chi connectivity index (χ1) is 9.83. The van der Waals surface area contributed by atoms with Gasteiger partial charge >= 0.3 is 12.0 Å². The molecule has 1 aliphatic heterocycles. The number of nitrogens with zero attached hydrogens (tertiary/aromatic N) is 1. The fraction of sp³-hybridized carbons (Fsp3) is 0.467. The average molecular weight is 311 g/mol. The monoisotopic (exact) mass is 310 g/mol.